The summed E-state index contributed by atoms with van der Waals surface area (Å²) >= 11 is 5.63. The van der Waals surface area contributed by atoms with E-state index in [1.54, 1.807) is 54.0 Å². The molecule has 2 fully saturated rings. The first-order valence-corrected chi connectivity index (χ1v) is 23.4. The zero-order chi connectivity index (χ0) is 49.6. The van der Waals surface area contributed by atoms with E-state index in [1.807, 2.05) is 58.9 Å². The highest BCUT2D eigenvalue weighted by Crippen LogP contribution is 2.40. The molecule has 366 valence electrons. The van der Waals surface area contributed by atoms with Crippen molar-refractivity contribution in [2.24, 2.45) is 11.3 Å². The van der Waals surface area contributed by atoms with E-state index in [9.17, 15) is 37.6 Å². The van der Waals surface area contributed by atoms with Crippen molar-refractivity contribution in [1.29, 1.82) is 5.26 Å². The number of carbonyl (C=O) groups is 4. The van der Waals surface area contributed by atoms with Crippen LogP contribution < -0.4 is 25.2 Å². The van der Waals surface area contributed by atoms with E-state index >= 15 is 0 Å². The van der Waals surface area contributed by atoms with Gasteiger partial charge in [-0.2, -0.15) is 18.4 Å². The summed E-state index contributed by atoms with van der Waals surface area (Å²) in [6.07, 6.45) is -2.70. The van der Waals surface area contributed by atoms with Crippen molar-refractivity contribution >= 4 is 52.3 Å². The number of fused-ring (bicyclic) bond motifs is 1. The number of carbonyl (C=O) groups excluding carboxylic acids is 4. The summed E-state index contributed by atoms with van der Waals surface area (Å²) in [6, 6.07) is 17.4. The van der Waals surface area contributed by atoms with E-state index in [2.05, 4.69) is 10.6 Å². The first kappa shape index (κ1) is 51.8. The molecular formula is C50H61F3N6O8S. The van der Waals surface area contributed by atoms with Crippen molar-refractivity contribution in [2.45, 2.75) is 110 Å². The van der Waals surface area contributed by atoms with Crippen molar-refractivity contribution in [1.82, 2.24) is 15.5 Å². The lowest BCUT2D eigenvalue weighted by molar-refractivity contribution is -0.144. The molecule has 5 atom stereocenters. The fourth-order valence-electron chi connectivity index (χ4n) is 8.67. The fraction of sp³-hybridized carbons (Fsp3) is 0.520. The van der Waals surface area contributed by atoms with Crippen LogP contribution in [0.2, 0.25) is 0 Å². The van der Waals surface area contributed by atoms with Crippen LogP contribution in [0.3, 0.4) is 0 Å². The molecule has 4 amide bonds. The highest BCUT2D eigenvalue weighted by atomic mass is 32.1. The Morgan fingerprint density at radius 1 is 0.941 bits per heavy atom. The maximum absolute atomic E-state index is 14.0. The van der Waals surface area contributed by atoms with Gasteiger partial charge >= 0.3 is 6.18 Å². The van der Waals surface area contributed by atoms with Crippen LogP contribution in [-0.4, -0.2) is 104 Å². The number of anilines is 2. The maximum Gasteiger partial charge on any atom is 0.417 e. The van der Waals surface area contributed by atoms with Gasteiger partial charge in [-0.1, -0.05) is 58.9 Å². The molecule has 2 N–H and O–H groups in total. The number of halogens is 3. The number of ether oxygens (including phenoxy) is 4. The molecule has 3 aromatic carbocycles. The number of nitrogens with one attached hydrogen (secondary N) is 2. The van der Waals surface area contributed by atoms with Crippen molar-refractivity contribution in [2.75, 3.05) is 56.0 Å². The predicted molar refractivity (Wildman–Crippen MR) is 253 cm³/mol. The lowest BCUT2D eigenvalue weighted by Crippen LogP contribution is -2.58. The molecule has 6 rings (SSSR count). The minimum Gasteiger partial charge on any atom is -0.491 e. The number of rotatable bonds is 19. The van der Waals surface area contributed by atoms with Gasteiger partial charge in [0.15, 0.2) is 5.11 Å². The highest BCUT2D eigenvalue weighted by molar-refractivity contribution is 7.81. The minimum absolute atomic E-state index is 0.0100. The normalized spacial score (nSPS) is 20.0. The van der Waals surface area contributed by atoms with Crippen molar-refractivity contribution in [3.05, 3.63) is 89.0 Å². The first-order chi connectivity index (χ1) is 32.2. The fourth-order valence-corrected chi connectivity index (χ4v) is 9.19. The molecule has 1 aliphatic carbocycles. The summed E-state index contributed by atoms with van der Waals surface area (Å²) in [4.78, 5) is 58.7. The van der Waals surface area contributed by atoms with E-state index in [0.717, 1.165) is 28.2 Å². The molecule has 2 aliphatic heterocycles. The van der Waals surface area contributed by atoms with Crippen LogP contribution in [0.1, 0.15) is 96.0 Å². The zero-order valence-electron chi connectivity index (χ0n) is 39.6. The minimum atomic E-state index is -4.80. The molecule has 68 heavy (non-hydrogen) atoms. The topological polar surface area (TPSA) is 163 Å². The summed E-state index contributed by atoms with van der Waals surface area (Å²) in [6.45, 7) is 14.9. The molecule has 0 bridgehead atoms. The van der Waals surface area contributed by atoms with Crippen LogP contribution in [0.5, 0.6) is 5.75 Å². The molecule has 0 aromatic heterocycles. The third kappa shape index (κ3) is 11.6. The second kappa shape index (κ2) is 21.8. The Hall–Kier alpha value is -5.61. The Morgan fingerprint density at radius 2 is 1.59 bits per heavy atom. The van der Waals surface area contributed by atoms with Crippen molar-refractivity contribution in [3.8, 4) is 11.8 Å². The van der Waals surface area contributed by atoms with E-state index in [4.69, 9.17) is 31.2 Å². The van der Waals surface area contributed by atoms with Crippen molar-refractivity contribution in [3.63, 3.8) is 0 Å². The van der Waals surface area contributed by atoms with Gasteiger partial charge in [-0.05, 0) is 104 Å². The largest absolute Gasteiger partial charge is 0.491 e. The molecule has 2 saturated heterocycles. The smallest absolute Gasteiger partial charge is 0.417 e. The zero-order valence-corrected chi connectivity index (χ0v) is 40.4. The molecule has 18 heteroatoms. The number of hydrogen-bond donors (Lipinski definition) is 2. The van der Waals surface area contributed by atoms with E-state index < -0.39 is 52.3 Å². The van der Waals surface area contributed by atoms with Crippen LogP contribution in [-0.2, 0) is 46.0 Å². The van der Waals surface area contributed by atoms with Gasteiger partial charge in [0.2, 0.25) is 17.7 Å². The summed E-state index contributed by atoms with van der Waals surface area (Å²) in [5.74, 6) is -0.928. The van der Waals surface area contributed by atoms with Gasteiger partial charge in [-0.15, -0.1) is 0 Å². The first-order valence-electron chi connectivity index (χ1n) is 23.0. The monoisotopic (exact) mass is 962 g/mol. The van der Waals surface area contributed by atoms with E-state index in [1.165, 1.54) is 6.07 Å². The molecule has 0 saturated carbocycles. The third-order valence-electron chi connectivity index (χ3n) is 12.7. The summed E-state index contributed by atoms with van der Waals surface area (Å²) < 4.78 is 64.8. The second-order valence-corrected chi connectivity index (χ2v) is 19.2. The summed E-state index contributed by atoms with van der Waals surface area (Å²) in [5, 5.41) is 15.4. The Bertz CT molecular complexity index is 2370. The predicted octanol–water partition coefficient (Wildman–Crippen LogP) is 7.27. The standard InChI is InChI=1S/C50H61F3N6O8S/c1-8-31(2)43(60)56-42(48(3,4)5)45(62)57-21-11-14-39(57)44(61)55-41-37-13-10-9-12-32(37)28-40(41)67-27-25-65-23-22-64-24-26-66-36-19-17-34(18-20-36)59-47(68)58(46(63)49(59,6)7)35-16-15-33(30-54)38(29-35)50(51,52)53/h9-10,12-13,15-20,29,31,39-42H,8,11,14,21-28H2,1-7H3,(H,55,61)(H,56,60)/t31-,39+,40-,41+,42-/m1/s1. The van der Waals surface area contributed by atoms with Gasteiger partial charge in [-0.3, -0.25) is 24.1 Å². The van der Waals surface area contributed by atoms with Gasteiger partial charge < -0.3 is 39.4 Å². The molecular weight excluding hydrogens is 902 g/mol. The Balaban J connectivity index is 0.928. The van der Waals surface area contributed by atoms with Gasteiger partial charge in [-0.25, -0.2) is 0 Å². The summed E-state index contributed by atoms with van der Waals surface area (Å²) in [5.41, 5.74) is -1.02. The number of thiocarbonyl (C=S) groups is 1. The molecule has 0 unspecified atom stereocenters. The lowest BCUT2D eigenvalue weighted by Gasteiger charge is -2.36. The van der Waals surface area contributed by atoms with Crippen LogP contribution in [0.15, 0.2) is 66.7 Å². The molecule has 2 heterocycles. The quantitative estimate of drug-likeness (QED) is 0.0918. The van der Waals surface area contributed by atoms with Gasteiger partial charge in [0.25, 0.3) is 5.91 Å². The van der Waals surface area contributed by atoms with Gasteiger partial charge in [0, 0.05) is 24.6 Å². The molecule has 0 radical (unpaired) electrons. The number of benzene rings is 3. The Labute approximate surface area is 401 Å². The van der Waals surface area contributed by atoms with E-state index in [0.29, 0.717) is 63.5 Å². The average molecular weight is 963 g/mol. The number of amides is 4. The third-order valence-corrected chi connectivity index (χ3v) is 13.0. The van der Waals surface area contributed by atoms with Crippen LogP contribution in [0, 0.1) is 22.7 Å². The molecule has 3 aromatic rings. The molecule has 14 nitrogen and oxygen atoms in total. The number of nitrogens with zero attached hydrogens (tertiary/aromatic N) is 4. The number of alkyl halides is 3. The molecule has 3 aliphatic rings. The Kier molecular flexibility index (Phi) is 16.6. The molecule has 0 spiro atoms. The highest BCUT2D eigenvalue weighted by Gasteiger charge is 2.51. The van der Waals surface area contributed by atoms with E-state index in [-0.39, 0.29) is 60.4 Å². The van der Waals surface area contributed by atoms with Crippen LogP contribution in [0.4, 0.5) is 24.5 Å². The lowest BCUT2D eigenvalue weighted by atomic mass is 9.85. The maximum atomic E-state index is 14.0. The second-order valence-electron chi connectivity index (χ2n) is 18.8. The van der Waals surface area contributed by atoms with Gasteiger partial charge in [0.1, 0.15) is 30.0 Å². The number of nitriles is 1. The van der Waals surface area contributed by atoms with Crippen molar-refractivity contribution < 1.29 is 51.3 Å². The number of hydrogen-bond acceptors (Lipinski definition) is 10. The van der Waals surface area contributed by atoms with Crippen LogP contribution in [0.25, 0.3) is 0 Å². The Morgan fingerprint density at radius 3 is 2.24 bits per heavy atom. The average Bonchev–Trinajstić information content (AvgIpc) is 3.97. The summed E-state index contributed by atoms with van der Waals surface area (Å²) in [7, 11) is 0. The SMILES string of the molecule is CC[C@@H](C)C(=O)N[C@H](C(=O)N1CCC[C@H]1C(=O)N[C@H]1c2ccccc2C[C@H]1OCCOCCOCCOc1ccc(N2C(=S)N(c3ccc(C#N)c(C(F)(F)F)c3)C(=O)C2(C)C)cc1)C(C)(C)C. The van der Waals surface area contributed by atoms with Gasteiger partial charge in [0.05, 0.1) is 68.1 Å². The van der Waals surface area contributed by atoms with Crippen LogP contribution >= 0.6 is 12.2 Å². The number of likely N-dealkylation sites (tertiary alicyclic amines) is 1.